The van der Waals surface area contributed by atoms with Crippen LogP contribution in [0.15, 0.2) is 4.99 Å². The quantitative estimate of drug-likeness (QED) is 0.266. The lowest BCUT2D eigenvalue weighted by Gasteiger charge is -2.30. The standard InChI is InChI=1S/C9H19NO2Si/c1-3-9(4-2,12-13)6-5-7-10-8-11/h3-7H2,1-2,13H3. The van der Waals surface area contributed by atoms with E-state index in [2.05, 4.69) is 18.8 Å². The SMILES string of the molecule is CCC(CC)(CCCN=C=O)O[SiH3]. The van der Waals surface area contributed by atoms with Crippen LogP contribution in [0.3, 0.4) is 0 Å². The molecule has 3 nitrogen and oxygen atoms in total. The van der Waals surface area contributed by atoms with E-state index >= 15 is 0 Å². The number of hydrogen-bond donors (Lipinski definition) is 0. The largest absolute Gasteiger partial charge is 0.422 e. The summed E-state index contributed by atoms with van der Waals surface area (Å²) < 4.78 is 5.62. The number of isocyanates is 1. The molecule has 0 amide bonds. The Morgan fingerprint density at radius 1 is 1.46 bits per heavy atom. The number of carbonyl (C=O) groups excluding carboxylic acids is 1. The minimum absolute atomic E-state index is 0.0463. The van der Waals surface area contributed by atoms with Gasteiger partial charge in [0.05, 0.1) is 12.1 Å². The van der Waals surface area contributed by atoms with E-state index < -0.39 is 0 Å². The Hall–Kier alpha value is -0.443. The van der Waals surface area contributed by atoms with E-state index in [0.29, 0.717) is 6.54 Å². The number of rotatable bonds is 7. The second kappa shape index (κ2) is 7.01. The molecule has 0 aromatic rings. The highest BCUT2D eigenvalue weighted by Gasteiger charge is 2.23. The number of aliphatic imine (C=N–C) groups is 1. The molecule has 0 radical (unpaired) electrons. The van der Waals surface area contributed by atoms with Gasteiger partial charge in [-0.15, -0.1) is 0 Å². The molecule has 0 bridgehead atoms. The molecule has 0 rings (SSSR count). The molecule has 4 heteroatoms. The normalized spacial score (nSPS) is 11.2. The van der Waals surface area contributed by atoms with Crippen molar-refractivity contribution in [3.8, 4) is 0 Å². The fraction of sp³-hybridized carbons (Fsp3) is 0.889. The van der Waals surface area contributed by atoms with Gasteiger partial charge in [-0.25, -0.2) is 9.79 Å². The molecule has 0 aromatic heterocycles. The Morgan fingerprint density at radius 3 is 2.46 bits per heavy atom. The first-order valence-electron chi connectivity index (χ1n) is 4.83. The highest BCUT2D eigenvalue weighted by atomic mass is 28.2. The molecule has 76 valence electrons. The summed E-state index contributed by atoms with van der Waals surface area (Å²) in [7, 11) is 0.777. The number of nitrogens with zero attached hydrogens (tertiary/aromatic N) is 1. The highest BCUT2D eigenvalue weighted by molar-refractivity contribution is 5.98. The van der Waals surface area contributed by atoms with Crippen LogP contribution in [-0.4, -0.2) is 28.7 Å². The summed E-state index contributed by atoms with van der Waals surface area (Å²) >= 11 is 0. The van der Waals surface area contributed by atoms with E-state index in [1.165, 1.54) is 0 Å². The predicted octanol–water partition coefficient (Wildman–Crippen LogP) is 0.958. The minimum atomic E-state index is 0.0463. The van der Waals surface area contributed by atoms with Crippen molar-refractivity contribution in [1.82, 2.24) is 0 Å². The maximum Gasteiger partial charge on any atom is 0.234 e. The van der Waals surface area contributed by atoms with E-state index in [4.69, 9.17) is 4.43 Å². The molecule has 0 N–H and O–H groups in total. The molecule has 0 spiro atoms. The predicted molar refractivity (Wildman–Crippen MR) is 56.6 cm³/mol. The molecular weight excluding hydrogens is 182 g/mol. The van der Waals surface area contributed by atoms with Crippen LogP contribution < -0.4 is 0 Å². The smallest absolute Gasteiger partial charge is 0.234 e. The van der Waals surface area contributed by atoms with Crippen molar-refractivity contribution in [3.63, 3.8) is 0 Å². The van der Waals surface area contributed by atoms with Gasteiger partial charge in [0.2, 0.25) is 6.08 Å². The molecule has 0 aliphatic heterocycles. The van der Waals surface area contributed by atoms with Gasteiger partial charge in [-0.3, -0.25) is 0 Å². The van der Waals surface area contributed by atoms with Crippen LogP contribution in [0.5, 0.6) is 0 Å². The lowest BCUT2D eigenvalue weighted by atomic mass is 9.92. The van der Waals surface area contributed by atoms with E-state index in [0.717, 1.165) is 36.2 Å². The summed E-state index contributed by atoms with van der Waals surface area (Å²) in [6, 6.07) is 0. The monoisotopic (exact) mass is 201 g/mol. The molecule has 0 fully saturated rings. The zero-order chi connectivity index (χ0) is 10.2. The molecule has 0 heterocycles. The molecule has 0 saturated carbocycles. The van der Waals surface area contributed by atoms with Crippen LogP contribution >= 0.6 is 0 Å². The second-order valence-electron chi connectivity index (χ2n) is 3.17. The third-order valence-corrected chi connectivity index (χ3v) is 3.55. The molecule has 0 saturated heterocycles. The van der Waals surface area contributed by atoms with Crippen molar-refractivity contribution < 1.29 is 9.22 Å². The van der Waals surface area contributed by atoms with Crippen molar-refractivity contribution in [2.75, 3.05) is 6.54 Å². The van der Waals surface area contributed by atoms with Gasteiger partial charge < -0.3 is 4.43 Å². The van der Waals surface area contributed by atoms with Gasteiger partial charge >= 0.3 is 0 Å². The Morgan fingerprint density at radius 2 is 2.08 bits per heavy atom. The minimum Gasteiger partial charge on any atom is -0.422 e. The fourth-order valence-corrected chi connectivity index (χ4v) is 2.30. The van der Waals surface area contributed by atoms with Gasteiger partial charge in [-0.05, 0) is 25.7 Å². The first-order chi connectivity index (χ1) is 6.24. The fourth-order valence-electron chi connectivity index (χ4n) is 1.52. The van der Waals surface area contributed by atoms with Gasteiger partial charge in [0, 0.05) is 0 Å². The van der Waals surface area contributed by atoms with Crippen LogP contribution in [0.1, 0.15) is 39.5 Å². The third kappa shape index (κ3) is 4.36. The molecule has 0 aliphatic rings. The molecule has 13 heavy (non-hydrogen) atoms. The van der Waals surface area contributed by atoms with Gasteiger partial charge in [0.25, 0.3) is 0 Å². The maximum atomic E-state index is 9.82. The summed E-state index contributed by atoms with van der Waals surface area (Å²) in [6.45, 7) is 4.87. The molecule has 0 aliphatic carbocycles. The zero-order valence-electron chi connectivity index (χ0n) is 8.80. The van der Waals surface area contributed by atoms with E-state index in [-0.39, 0.29) is 5.60 Å². The van der Waals surface area contributed by atoms with Crippen LogP contribution in [-0.2, 0) is 9.22 Å². The lowest BCUT2D eigenvalue weighted by Crippen LogP contribution is -2.30. The van der Waals surface area contributed by atoms with Crippen LogP contribution in [0.4, 0.5) is 0 Å². The number of hydrogen-bond acceptors (Lipinski definition) is 3. The summed E-state index contributed by atoms with van der Waals surface area (Å²) in [5.74, 6) is 0. The summed E-state index contributed by atoms with van der Waals surface area (Å²) in [5, 5.41) is 0. The molecule has 0 unspecified atom stereocenters. The second-order valence-corrected chi connectivity index (χ2v) is 3.58. The molecular formula is C9H19NO2Si. The van der Waals surface area contributed by atoms with E-state index in [1.807, 2.05) is 0 Å². The van der Waals surface area contributed by atoms with Gasteiger partial charge in [-0.2, -0.15) is 0 Å². The maximum absolute atomic E-state index is 9.82. The highest BCUT2D eigenvalue weighted by Crippen LogP contribution is 2.24. The van der Waals surface area contributed by atoms with Crippen molar-refractivity contribution in [1.29, 1.82) is 0 Å². The Bertz CT molecular complexity index is 166. The van der Waals surface area contributed by atoms with Crippen molar-refractivity contribution in [2.24, 2.45) is 4.99 Å². The average Bonchev–Trinajstić information content (AvgIpc) is 2.20. The van der Waals surface area contributed by atoms with Gasteiger partial charge in [0.15, 0.2) is 0 Å². The summed E-state index contributed by atoms with van der Waals surface area (Å²) in [4.78, 5) is 13.3. The summed E-state index contributed by atoms with van der Waals surface area (Å²) in [6.07, 6.45) is 5.54. The lowest BCUT2D eigenvalue weighted by molar-refractivity contribution is 0.0598. The Labute approximate surface area is 83.1 Å². The van der Waals surface area contributed by atoms with Gasteiger partial charge in [0.1, 0.15) is 10.5 Å². The zero-order valence-corrected chi connectivity index (χ0v) is 10.8. The topological polar surface area (TPSA) is 38.7 Å². The summed E-state index contributed by atoms with van der Waals surface area (Å²) in [5.41, 5.74) is 0.0463. The van der Waals surface area contributed by atoms with Gasteiger partial charge in [-0.1, -0.05) is 13.8 Å². The van der Waals surface area contributed by atoms with Crippen molar-refractivity contribution in [2.45, 2.75) is 45.1 Å². The van der Waals surface area contributed by atoms with Crippen molar-refractivity contribution in [3.05, 3.63) is 0 Å². The van der Waals surface area contributed by atoms with Crippen LogP contribution in [0, 0.1) is 0 Å². The first-order valence-corrected chi connectivity index (χ1v) is 5.65. The van der Waals surface area contributed by atoms with Crippen LogP contribution in [0.25, 0.3) is 0 Å². The van der Waals surface area contributed by atoms with Crippen LogP contribution in [0.2, 0.25) is 0 Å². The Kier molecular flexibility index (Phi) is 6.77. The molecule has 0 atom stereocenters. The average molecular weight is 201 g/mol. The Balaban J connectivity index is 3.87. The first kappa shape index (κ1) is 12.6. The van der Waals surface area contributed by atoms with Crippen molar-refractivity contribution >= 4 is 16.6 Å². The molecule has 0 aromatic carbocycles. The van der Waals surface area contributed by atoms with E-state index in [1.54, 1.807) is 6.08 Å². The third-order valence-electron chi connectivity index (χ3n) is 2.69. The van der Waals surface area contributed by atoms with E-state index in [9.17, 15) is 4.79 Å².